The lowest BCUT2D eigenvalue weighted by Gasteiger charge is -2.16. The summed E-state index contributed by atoms with van der Waals surface area (Å²) < 4.78 is 38.7. The number of hydrogen-bond acceptors (Lipinski definition) is 3. The van der Waals surface area contributed by atoms with Gasteiger partial charge in [0.15, 0.2) is 0 Å². The maximum Gasteiger partial charge on any atom is 0.245 e. The molecule has 0 amide bonds. The number of halogens is 2. The van der Waals surface area contributed by atoms with E-state index in [-0.39, 0.29) is 17.1 Å². The molecule has 1 rings (SSSR count). The van der Waals surface area contributed by atoms with Crippen molar-refractivity contribution >= 4 is 21.6 Å². The summed E-state index contributed by atoms with van der Waals surface area (Å²) in [7, 11) is -2.57. The van der Waals surface area contributed by atoms with Gasteiger partial charge in [-0.3, -0.25) is 0 Å². The first-order chi connectivity index (χ1) is 7.84. The van der Waals surface area contributed by atoms with Crippen LogP contribution in [0.15, 0.2) is 17.0 Å². The van der Waals surface area contributed by atoms with E-state index in [4.69, 9.17) is 16.7 Å². The second-order valence-corrected chi connectivity index (χ2v) is 5.90. The highest BCUT2D eigenvalue weighted by molar-refractivity contribution is 7.89. The van der Waals surface area contributed by atoms with Crippen molar-refractivity contribution in [2.75, 3.05) is 13.6 Å². The average molecular weight is 282 g/mol. The van der Waals surface area contributed by atoms with Crippen LogP contribution < -0.4 is 0 Å². The molecular weight excluding hydrogens is 269 g/mol. The largest absolute Gasteiger partial charge is 0.392 e. The fourth-order valence-electron chi connectivity index (χ4n) is 1.26. The number of rotatable bonds is 4. The molecule has 0 aromatic heterocycles. The minimum atomic E-state index is -3.91. The quantitative estimate of drug-likeness (QED) is 0.912. The number of sulfonamides is 1. The first-order valence-electron chi connectivity index (χ1n) is 4.89. The van der Waals surface area contributed by atoms with Gasteiger partial charge in [0.1, 0.15) is 10.7 Å². The average Bonchev–Trinajstić information content (AvgIpc) is 2.30. The molecule has 0 unspecified atom stereocenters. The van der Waals surface area contributed by atoms with Crippen molar-refractivity contribution in [1.82, 2.24) is 4.31 Å². The number of aliphatic hydroxyl groups excluding tert-OH is 1. The number of nitrogens with zero attached hydrogens (tertiary/aromatic N) is 1. The lowest BCUT2D eigenvalue weighted by molar-refractivity contribution is 0.274. The fraction of sp³-hybridized carbons (Fsp3) is 0.400. The molecule has 96 valence electrons. The molecule has 0 aliphatic heterocycles. The molecule has 0 saturated carbocycles. The van der Waals surface area contributed by atoms with Gasteiger partial charge in [0.25, 0.3) is 0 Å². The molecule has 17 heavy (non-hydrogen) atoms. The van der Waals surface area contributed by atoms with Crippen molar-refractivity contribution in [3.05, 3.63) is 28.5 Å². The molecule has 0 saturated heterocycles. The highest BCUT2D eigenvalue weighted by Gasteiger charge is 2.25. The van der Waals surface area contributed by atoms with E-state index in [2.05, 4.69) is 0 Å². The number of aliphatic hydroxyl groups is 1. The summed E-state index contributed by atoms with van der Waals surface area (Å²) in [6.45, 7) is 1.24. The zero-order valence-corrected chi connectivity index (χ0v) is 11.0. The molecule has 4 nitrogen and oxygen atoms in total. The van der Waals surface area contributed by atoms with Crippen molar-refractivity contribution in [3.63, 3.8) is 0 Å². The van der Waals surface area contributed by atoms with Crippen molar-refractivity contribution < 1.29 is 17.9 Å². The fourth-order valence-corrected chi connectivity index (χ4v) is 2.87. The minimum absolute atomic E-state index is 0.0681. The van der Waals surface area contributed by atoms with E-state index in [0.717, 1.165) is 10.4 Å². The van der Waals surface area contributed by atoms with Crippen LogP contribution in [-0.4, -0.2) is 31.4 Å². The monoisotopic (exact) mass is 281 g/mol. The molecule has 0 aliphatic carbocycles. The summed E-state index contributed by atoms with van der Waals surface area (Å²) >= 11 is 5.69. The van der Waals surface area contributed by atoms with Crippen LogP contribution in [0.1, 0.15) is 12.5 Å². The highest BCUT2D eigenvalue weighted by Crippen LogP contribution is 2.25. The molecule has 1 aromatic carbocycles. The Labute approximate surface area is 105 Å². The lowest BCUT2D eigenvalue weighted by Crippen LogP contribution is -2.27. The molecule has 0 spiro atoms. The van der Waals surface area contributed by atoms with Crippen molar-refractivity contribution in [2.45, 2.75) is 18.4 Å². The van der Waals surface area contributed by atoms with E-state index >= 15 is 0 Å². The summed E-state index contributed by atoms with van der Waals surface area (Å²) in [6, 6.07) is 2.24. The van der Waals surface area contributed by atoms with E-state index in [0.29, 0.717) is 0 Å². The molecule has 0 bridgehead atoms. The molecule has 0 atom stereocenters. The normalized spacial score (nSPS) is 12.1. The first-order valence-corrected chi connectivity index (χ1v) is 6.71. The predicted octanol–water partition coefficient (Wildman–Crippen LogP) is 1.61. The first kappa shape index (κ1) is 14.4. The van der Waals surface area contributed by atoms with Crippen molar-refractivity contribution in [3.8, 4) is 0 Å². The zero-order valence-electron chi connectivity index (χ0n) is 9.44. The third kappa shape index (κ3) is 2.77. The summed E-state index contributed by atoms with van der Waals surface area (Å²) in [5, 5.41) is 8.99. The summed E-state index contributed by atoms with van der Waals surface area (Å²) in [5.74, 6) is -0.961. The van der Waals surface area contributed by atoms with Crippen molar-refractivity contribution in [1.29, 1.82) is 0 Å². The SMILES string of the molecule is CCN(C)S(=O)(=O)c1cc(Cl)cc(CO)c1F. The van der Waals surface area contributed by atoms with Gasteiger partial charge in [-0.15, -0.1) is 0 Å². The molecule has 1 N–H and O–H groups in total. The van der Waals surface area contributed by atoms with E-state index in [1.807, 2.05) is 0 Å². The third-order valence-corrected chi connectivity index (χ3v) is 4.53. The van der Waals surface area contributed by atoms with Gasteiger partial charge in [-0.25, -0.2) is 17.1 Å². The Balaban J connectivity index is 3.47. The standard InChI is InChI=1S/C10H13ClFNO3S/c1-3-13(2)17(15,16)9-5-8(11)4-7(6-14)10(9)12/h4-5,14H,3,6H2,1-2H3. The molecule has 0 heterocycles. The number of benzene rings is 1. The van der Waals surface area contributed by atoms with Crippen LogP contribution in [0.2, 0.25) is 5.02 Å². The Kier molecular flexibility index (Phi) is 4.48. The van der Waals surface area contributed by atoms with Crippen LogP contribution >= 0.6 is 11.6 Å². The topological polar surface area (TPSA) is 57.6 Å². The van der Waals surface area contributed by atoms with E-state index in [1.165, 1.54) is 13.1 Å². The molecular formula is C10H13ClFNO3S. The smallest absolute Gasteiger partial charge is 0.245 e. The minimum Gasteiger partial charge on any atom is -0.392 e. The van der Waals surface area contributed by atoms with Gasteiger partial charge in [0.2, 0.25) is 10.0 Å². The summed E-state index contributed by atoms with van der Waals surface area (Å²) in [4.78, 5) is -0.515. The molecule has 1 aromatic rings. The van der Waals surface area contributed by atoms with Gasteiger partial charge in [0.05, 0.1) is 6.61 Å². The Bertz CT molecular complexity index is 519. The molecule has 0 fully saturated rings. The van der Waals surface area contributed by atoms with Crippen LogP contribution in [0.5, 0.6) is 0 Å². The molecule has 0 aliphatic rings. The van der Waals surface area contributed by atoms with Crippen LogP contribution in [0.3, 0.4) is 0 Å². The van der Waals surface area contributed by atoms with Crippen LogP contribution in [0.4, 0.5) is 4.39 Å². The zero-order chi connectivity index (χ0) is 13.2. The van der Waals surface area contributed by atoms with Gasteiger partial charge in [-0.2, -0.15) is 0 Å². The molecule has 0 radical (unpaired) electrons. The van der Waals surface area contributed by atoms with Gasteiger partial charge < -0.3 is 5.11 Å². The van der Waals surface area contributed by atoms with Gasteiger partial charge in [-0.1, -0.05) is 18.5 Å². The lowest BCUT2D eigenvalue weighted by atomic mass is 10.2. The Hall–Kier alpha value is -0.690. The number of hydrogen-bond donors (Lipinski definition) is 1. The Morgan fingerprint density at radius 3 is 2.53 bits per heavy atom. The summed E-state index contributed by atoms with van der Waals surface area (Å²) in [6.07, 6.45) is 0. The highest BCUT2D eigenvalue weighted by atomic mass is 35.5. The summed E-state index contributed by atoms with van der Waals surface area (Å²) in [5.41, 5.74) is -0.138. The van der Waals surface area contributed by atoms with Crippen LogP contribution in [0, 0.1) is 5.82 Å². The van der Waals surface area contributed by atoms with Gasteiger partial charge in [0, 0.05) is 24.2 Å². The molecule has 7 heteroatoms. The van der Waals surface area contributed by atoms with Crippen LogP contribution in [0.25, 0.3) is 0 Å². The van der Waals surface area contributed by atoms with E-state index < -0.39 is 27.3 Å². The Morgan fingerprint density at radius 2 is 2.06 bits per heavy atom. The Morgan fingerprint density at radius 1 is 1.47 bits per heavy atom. The van der Waals surface area contributed by atoms with Gasteiger partial charge in [-0.05, 0) is 12.1 Å². The van der Waals surface area contributed by atoms with E-state index in [9.17, 15) is 12.8 Å². The third-order valence-electron chi connectivity index (χ3n) is 2.38. The predicted molar refractivity (Wildman–Crippen MR) is 62.8 cm³/mol. The second-order valence-electron chi connectivity index (χ2n) is 3.45. The van der Waals surface area contributed by atoms with Crippen LogP contribution in [-0.2, 0) is 16.6 Å². The maximum atomic E-state index is 13.8. The maximum absolute atomic E-state index is 13.8. The second kappa shape index (κ2) is 5.30. The van der Waals surface area contributed by atoms with Gasteiger partial charge >= 0.3 is 0 Å². The van der Waals surface area contributed by atoms with Crippen molar-refractivity contribution in [2.24, 2.45) is 0 Å². The van der Waals surface area contributed by atoms with E-state index in [1.54, 1.807) is 6.92 Å².